The molecular formula is C49H31NO5. The summed E-state index contributed by atoms with van der Waals surface area (Å²) in [6, 6.07) is 53.7. The molecule has 0 saturated carbocycles. The third-order valence-corrected chi connectivity index (χ3v) is 11.8. The van der Waals surface area contributed by atoms with Gasteiger partial charge in [0, 0.05) is 10.9 Å². The Morgan fingerprint density at radius 1 is 0.327 bits per heavy atom. The highest BCUT2D eigenvalue weighted by molar-refractivity contribution is 6.29. The van der Waals surface area contributed by atoms with Gasteiger partial charge in [-0.05, 0) is 78.0 Å². The lowest BCUT2D eigenvalue weighted by Gasteiger charge is -2.33. The van der Waals surface area contributed by atoms with E-state index in [0.717, 1.165) is 76.8 Å². The molecule has 0 aromatic heterocycles. The van der Waals surface area contributed by atoms with E-state index in [2.05, 4.69) is 103 Å². The Morgan fingerprint density at radius 3 is 1.29 bits per heavy atom. The lowest BCUT2D eigenvalue weighted by atomic mass is 9.70. The van der Waals surface area contributed by atoms with E-state index in [0.29, 0.717) is 11.4 Å². The molecule has 0 radical (unpaired) electrons. The Bertz CT molecular complexity index is 3010. The summed E-state index contributed by atoms with van der Waals surface area (Å²) in [5, 5.41) is 62.3. The summed E-state index contributed by atoms with van der Waals surface area (Å²) < 4.78 is 0. The van der Waals surface area contributed by atoms with Gasteiger partial charge in [0.25, 0.3) is 0 Å². The van der Waals surface area contributed by atoms with Crippen LogP contribution in [0.3, 0.4) is 0 Å². The summed E-state index contributed by atoms with van der Waals surface area (Å²) in [4.78, 5) is 1.72. The van der Waals surface area contributed by atoms with Crippen LogP contribution in [0.1, 0.15) is 22.3 Å². The third kappa shape index (κ3) is 3.82. The minimum absolute atomic E-state index is 0.281. The molecule has 55 heavy (non-hydrogen) atoms. The van der Waals surface area contributed by atoms with Gasteiger partial charge >= 0.3 is 0 Å². The fourth-order valence-corrected chi connectivity index (χ4v) is 9.69. The molecule has 2 aliphatic rings. The quantitative estimate of drug-likeness (QED) is 0.0709. The van der Waals surface area contributed by atoms with Crippen LogP contribution in [0.2, 0.25) is 0 Å². The zero-order valence-electron chi connectivity index (χ0n) is 29.2. The predicted octanol–water partition coefficient (Wildman–Crippen LogP) is 11.5. The Balaban J connectivity index is 1.33. The lowest BCUT2D eigenvalue weighted by Crippen LogP contribution is -2.26. The first-order chi connectivity index (χ1) is 26.9. The number of aromatic hydroxyl groups is 5. The minimum Gasteiger partial charge on any atom is -0.503 e. The molecule has 0 heterocycles. The summed E-state index contributed by atoms with van der Waals surface area (Å²) in [5.41, 5.74) is 8.73. The zero-order chi connectivity index (χ0) is 37.2. The van der Waals surface area contributed by atoms with Gasteiger partial charge in [-0.25, -0.2) is 0 Å². The average molecular weight is 714 g/mol. The molecule has 0 saturated heterocycles. The summed E-state index contributed by atoms with van der Waals surface area (Å²) in [5.74, 6) is -4.49. The molecule has 9 aromatic carbocycles. The molecule has 0 unspecified atom stereocenters. The van der Waals surface area contributed by atoms with Gasteiger partial charge in [0.05, 0.1) is 16.8 Å². The van der Waals surface area contributed by atoms with Crippen molar-refractivity contribution in [3.8, 4) is 51.0 Å². The van der Waals surface area contributed by atoms with Gasteiger partial charge in [-0.1, -0.05) is 146 Å². The molecule has 6 heteroatoms. The molecule has 11 rings (SSSR count). The van der Waals surface area contributed by atoms with Crippen molar-refractivity contribution in [2.75, 3.05) is 4.90 Å². The summed E-state index contributed by atoms with van der Waals surface area (Å²) in [7, 11) is 0. The zero-order valence-corrected chi connectivity index (χ0v) is 29.2. The van der Waals surface area contributed by atoms with Gasteiger partial charge in [-0.3, -0.25) is 0 Å². The first-order valence-electron chi connectivity index (χ1n) is 18.2. The molecule has 0 aliphatic heterocycles. The van der Waals surface area contributed by atoms with E-state index in [-0.39, 0.29) is 5.69 Å². The smallest absolute Gasteiger partial charge is 0.208 e. The Labute approximate surface area is 315 Å². The van der Waals surface area contributed by atoms with Crippen LogP contribution in [-0.2, 0) is 5.41 Å². The van der Waals surface area contributed by atoms with Gasteiger partial charge in [-0.2, -0.15) is 0 Å². The van der Waals surface area contributed by atoms with Crippen molar-refractivity contribution in [1.29, 1.82) is 0 Å². The third-order valence-electron chi connectivity index (χ3n) is 11.8. The Morgan fingerprint density at radius 2 is 0.709 bits per heavy atom. The fourth-order valence-electron chi connectivity index (χ4n) is 9.69. The van der Waals surface area contributed by atoms with E-state index in [4.69, 9.17) is 0 Å². The van der Waals surface area contributed by atoms with E-state index in [1.54, 1.807) is 4.90 Å². The number of hydrogen-bond donors (Lipinski definition) is 5. The van der Waals surface area contributed by atoms with Crippen LogP contribution in [0.25, 0.3) is 54.6 Å². The van der Waals surface area contributed by atoms with Crippen molar-refractivity contribution in [1.82, 2.24) is 0 Å². The van der Waals surface area contributed by atoms with Gasteiger partial charge in [0.1, 0.15) is 5.69 Å². The molecule has 0 bridgehead atoms. The van der Waals surface area contributed by atoms with E-state index < -0.39 is 34.2 Å². The average Bonchev–Trinajstić information content (AvgIpc) is 3.71. The van der Waals surface area contributed by atoms with E-state index in [1.165, 1.54) is 0 Å². The highest BCUT2D eigenvalue weighted by Crippen LogP contribution is 2.66. The highest BCUT2D eigenvalue weighted by Gasteiger charge is 2.52. The number of rotatable bonds is 3. The van der Waals surface area contributed by atoms with Crippen molar-refractivity contribution in [3.63, 3.8) is 0 Å². The predicted molar refractivity (Wildman–Crippen MR) is 218 cm³/mol. The van der Waals surface area contributed by atoms with E-state index in [9.17, 15) is 25.5 Å². The Hall–Kier alpha value is -7.44. The number of hydrogen-bond acceptors (Lipinski definition) is 6. The molecule has 9 aromatic rings. The van der Waals surface area contributed by atoms with Crippen molar-refractivity contribution in [2.45, 2.75) is 5.41 Å². The lowest BCUT2D eigenvalue weighted by molar-refractivity contribution is 0.329. The summed E-state index contributed by atoms with van der Waals surface area (Å²) >= 11 is 0. The number of phenolic OH excluding ortho intramolecular Hbond substituents is 5. The fraction of sp³-hybridized carbons (Fsp3) is 0.0204. The maximum absolute atomic E-state index is 11.8. The topological polar surface area (TPSA) is 104 Å². The Kier molecular flexibility index (Phi) is 6.25. The molecule has 6 nitrogen and oxygen atoms in total. The van der Waals surface area contributed by atoms with Crippen molar-refractivity contribution >= 4 is 49.4 Å². The standard InChI is InChI=1S/C49H31NO5/c51-44-43(45(52)47(54)48(55)46(44)53)50(39-25-11-20-33-29-14-2-1-13-27(29)28-15-3-4-18-32(28)41(33)39)40-26-12-24-38-42(40)34-19-7-10-23-37(34)49(38)35-21-8-5-16-30(35)31-17-6-9-22-36(31)49/h1-26,51-55H. The molecule has 5 N–H and O–H groups in total. The molecular weight excluding hydrogens is 683 g/mol. The molecule has 2 aliphatic carbocycles. The van der Waals surface area contributed by atoms with E-state index >= 15 is 0 Å². The van der Waals surface area contributed by atoms with Gasteiger partial charge in [0.15, 0.2) is 11.5 Å². The number of benzene rings is 9. The number of anilines is 3. The van der Waals surface area contributed by atoms with Gasteiger partial charge in [0.2, 0.25) is 17.2 Å². The van der Waals surface area contributed by atoms with Gasteiger partial charge in [-0.15, -0.1) is 0 Å². The maximum Gasteiger partial charge on any atom is 0.208 e. The van der Waals surface area contributed by atoms with Crippen molar-refractivity contribution < 1.29 is 25.5 Å². The van der Waals surface area contributed by atoms with Crippen LogP contribution >= 0.6 is 0 Å². The molecule has 0 amide bonds. The molecule has 1 spiro atoms. The van der Waals surface area contributed by atoms with Crippen LogP contribution in [0, 0.1) is 0 Å². The SMILES string of the molecule is Oc1c(O)c(O)c(N(c2cccc3c2-c2ccccc2C32c3ccccc3-c3ccccc32)c2cccc3c4ccccc4c4ccccc4c23)c(O)c1O. The normalized spacial score (nSPS) is 13.2. The molecule has 0 atom stereocenters. The van der Waals surface area contributed by atoms with Crippen LogP contribution < -0.4 is 4.90 Å². The van der Waals surface area contributed by atoms with Gasteiger partial charge < -0.3 is 30.4 Å². The van der Waals surface area contributed by atoms with Crippen LogP contribution in [0.4, 0.5) is 17.1 Å². The second-order valence-electron chi connectivity index (χ2n) is 14.3. The highest BCUT2D eigenvalue weighted by atomic mass is 16.4. The monoisotopic (exact) mass is 713 g/mol. The van der Waals surface area contributed by atoms with Crippen LogP contribution in [-0.4, -0.2) is 25.5 Å². The molecule has 262 valence electrons. The summed E-state index contributed by atoms with van der Waals surface area (Å²) in [6.07, 6.45) is 0. The largest absolute Gasteiger partial charge is 0.503 e. The second-order valence-corrected chi connectivity index (χ2v) is 14.3. The van der Waals surface area contributed by atoms with Crippen molar-refractivity contribution in [2.24, 2.45) is 0 Å². The number of fused-ring (bicyclic) bond motifs is 16. The van der Waals surface area contributed by atoms with E-state index in [1.807, 2.05) is 54.6 Å². The molecule has 0 fully saturated rings. The first kappa shape index (κ1) is 31.1. The van der Waals surface area contributed by atoms with Crippen molar-refractivity contribution in [3.05, 3.63) is 180 Å². The number of phenols is 5. The maximum atomic E-state index is 11.8. The summed E-state index contributed by atoms with van der Waals surface area (Å²) in [6.45, 7) is 0. The van der Waals surface area contributed by atoms with Crippen LogP contribution in [0.5, 0.6) is 28.7 Å². The first-order valence-corrected chi connectivity index (χ1v) is 18.2. The van der Waals surface area contributed by atoms with Crippen LogP contribution in [0.15, 0.2) is 158 Å². The minimum atomic E-state index is -1.02. The number of nitrogens with zero attached hydrogens (tertiary/aromatic N) is 1. The second kappa shape index (κ2) is 11.0.